The van der Waals surface area contributed by atoms with E-state index in [4.69, 9.17) is 5.73 Å². The number of halogens is 1. The maximum atomic E-state index is 13.8. The molecule has 118 valence electrons. The Hall–Kier alpha value is -3.29. The highest BCUT2D eigenvalue weighted by molar-refractivity contribution is 6.04. The monoisotopic (exact) mass is 317 g/mol. The Bertz CT molecular complexity index is 775. The van der Waals surface area contributed by atoms with Crippen molar-refractivity contribution in [1.82, 2.24) is 0 Å². The fourth-order valence-electron chi connectivity index (χ4n) is 1.91. The zero-order valence-electron chi connectivity index (χ0n) is 11.8. The number of nitrogens with one attached hydrogen (secondary N) is 1. The van der Waals surface area contributed by atoms with Crippen molar-refractivity contribution in [2.75, 3.05) is 5.32 Å². The molecule has 0 aromatic heterocycles. The zero-order chi connectivity index (χ0) is 17.0. The minimum atomic E-state index is -0.984. The molecule has 0 radical (unpaired) electrons. The molecule has 0 aliphatic heterocycles. The highest BCUT2D eigenvalue weighted by atomic mass is 19.1. The predicted octanol–water partition coefficient (Wildman–Crippen LogP) is 2.01. The van der Waals surface area contributed by atoms with E-state index in [2.05, 4.69) is 5.32 Å². The lowest BCUT2D eigenvalue weighted by atomic mass is 10.1. The normalized spacial score (nSPS) is 10.1. The molecule has 0 heterocycles. The SMILES string of the molecule is NC(=O)Cc1ccc(NC(=O)c2ccc([N+](=O)[O-])cc2F)cc1. The Kier molecular flexibility index (Phi) is 4.65. The third kappa shape index (κ3) is 4.10. The molecule has 3 N–H and O–H groups in total. The fraction of sp³-hybridized carbons (Fsp3) is 0.0667. The molecule has 7 nitrogen and oxygen atoms in total. The van der Waals surface area contributed by atoms with Gasteiger partial charge in [-0.1, -0.05) is 12.1 Å². The van der Waals surface area contributed by atoms with Gasteiger partial charge in [0.1, 0.15) is 5.82 Å². The van der Waals surface area contributed by atoms with E-state index in [1.54, 1.807) is 24.3 Å². The van der Waals surface area contributed by atoms with Crippen molar-refractivity contribution in [1.29, 1.82) is 0 Å². The number of carbonyl (C=O) groups excluding carboxylic acids is 2. The van der Waals surface area contributed by atoms with Crippen LogP contribution in [0.2, 0.25) is 0 Å². The van der Waals surface area contributed by atoms with Gasteiger partial charge >= 0.3 is 0 Å². The molecule has 0 fully saturated rings. The van der Waals surface area contributed by atoms with Gasteiger partial charge in [0.2, 0.25) is 5.91 Å². The van der Waals surface area contributed by atoms with Crippen molar-refractivity contribution in [3.63, 3.8) is 0 Å². The molecule has 0 atom stereocenters. The Morgan fingerprint density at radius 1 is 1.17 bits per heavy atom. The van der Waals surface area contributed by atoms with Crippen LogP contribution in [-0.2, 0) is 11.2 Å². The Morgan fingerprint density at radius 2 is 1.83 bits per heavy atom. The second-order valence-corrected chi connectivity index (χ2v) is 4.72. The molecule has 0 saturated heterocycles. The molecule has 0 bridgehead atoms. The van der Waals surface area contributed by atoms with Crippen molar-refractivity contribution in [2.45, 2.75) is 6.42 Å². The minimum absolute atomic E-state index is 0.0746. The maximum absolute atomic E-state index is 13.8. The van der Waals surface area contributed by atoms with Crippen LogP contribution in [0.1, 0.15) is 15.9 Å². The molecule has 8 heteroatoms. The van der Waals surface area contributed by atoms with Gasteiger partial charge in [-0.25, -0.2) is 4.39 Å². The van der Waals surface area contributed by atoms with Gasteiger partial charge in [0.15, 0.2) is 0 Å². The number of primary amides is 1. The number of nitro benzene ring substituents is 1. The Morgan fingerprint density at radius 3 is 2.35 bits per heavy atom. The van der Waals surface area contributed by atoms with Gasteiger partial charge < -0.3 is 11.1 Å². The number of carbonyl (C=O) groups is 2. The summed E-state index contributed by atoms with van der Waals surface area (Å²) in [7, 11) is 0. The van der Waals surface area contributed by atoms with Gasteiger partial charge in [0.25, 0.3) is 11.6 Å². The van der Waals surface area contributed by atoms with Crippen LogP contribution in [0.5, 0.6) is 0 Å². The van der Waals surface area contributed by atoms with Crippen LogP contribution < -0.4 is 11.1 Å². The molecule has 0 saturated carbocycles. The average Bonchev–Trinajstić information content (AvgIpc) is 2.48. The summed E-state index contributed by atoms with van der Waals surface area (Å²) in [6.45, 7) is 0. The Balaban J connectivity index is 2.12. The number of nitro groups is 1. The van der Waals surface area contributed by atoms with Gasteiger partial charge in [-0.05, 0) is 23.8 Å². The molecule has 2 aromatic carbocycles. The second kappa shape index (κ2) is 6.65. The lowest BCUT2D eigenvalue weighted by molar-refractivity contribution is -0.385. The molecule has 0 aliphatic carbocycles. The van der Waals surface area contributed by atoms with E-state index in [0.717, 1.165) is 12.1 Å². The van der Waals surface area contributed by atoms with Crippen LogP contribution in [0.4, 0.5) is 15.8 Å². The summed E-state index contributed by atoms with van der Waals surface area (Å²) in [5, 5.41) is 13.0. The first kappa shape index (κ1) is 16.1. The van der Waals surface area contributed by atoms with Crippen LogP contribution in [-0.4, -0.2) is 16.7 Å². The Labute approximate surface area is 130 Å². The van der Waals surface area contributed by atoms with Gasteiger partial charge in [0, 0.05) is 11.8 Å². The van der Waals surface area contributed by atoms with E-state index < -0.39 is 28.2 Å². The number of nitrogens with zero attached hydrogens (tertiary/aromatic N) is 1. The van der Waals surface area contributed by atoms with Crippen molar-refractivity contribution < 1.29 is 18.9 Å². The third-order valence-electron chi connectivity index (χ3n) is 3.00. The smallest absolute Gasteiger partial charge is 0.272 e. The summed E-state index contributed by atoms with van der Waals surface area (Å²) < 4.78 is 13.8. The fourth-order valence-corrected chi connectivity index (χ4v) is 1.91. The molecule has 2 amide bonds. The first-order chi connectivity index (χ1) is 10.9. The standard InChI is InChI=1S/C15H12FN3O4/c16-13-8-11(19(22)23)5-6-12(13)15(21)18-10-3-1-9(2-4-10)7-14(17)20/h1-6,8H,7H2,(H2,17,20)(H,18,21). The van der Waals surface area contributed by atoms with Crippen molar-refractivity contribution in [2.24, 2.45) is 5.73 Å². The predicted molar refractivity (Wildman–Crippen MR) is 80.3 cm³/mol. The highest BCUT2D eigenvalue weighted by Gasteiger charge is 2.16. The quantitative estimate of drug-likeness (QED) is 0.648. The molecule has 2 aromatic rings. The van der Waals surface area contributed by atoms with Crippen LogP contribution in [0, 0.1) is 15.9 Å². The first-order valence-corrected chi connectivity index (χ1v) is 6.49. The van der Waals surface area contributed by atoms with Crippen molar-refractivity contribution in [3.8, 4) is 0 Å². The largest absolute Gasteiger partial charge is 0.369 e. The lowest BCUT2D eigenvalue weighted by Crippen LogP contribution is -2.15. The molecular formula is C15H12FN3O4. The number of benzene rings is 2. The minimum Gasteiger partial charge on any atom is -0.369 e. The molecule has 23 heavy (non-hydrogen) atoms. The van der Waals surface area contributed by atoms with Crippen molar-refractivity contribution >= 4 is 23.2 Å². The molecule has 0 aliphatic rings. The highest BCUT2D eigenvalue weighted by Crippen LogP contribution is 2.18. The second-order valence-electron chi connectivity index (χ2n) is 4.72. The number of hydrogen-bond acceptors (Lipinski definition) is 4. The topological polar surface area (TPSA) is 115 Å². The summed E-state index contributed by atoms with van der Waals surface area (Å²) in [6, 6.07) is 9.07. The number of rotatable bonds is 5. The summed E-state index contributed by atoms with van der Waals surface area (Å²) in [6.07, 6.45) is 0.0746. The number of nitrogens with two attached hydrogens (primary N) is 1. The lowest BCUT2D eigenvalue weighted by Gasteiger charge is -2.07. The summed E-state index contributed by atoms with van der Waals surface area (Å²) in [5.41, 5.74) is 5.39. The molecule has 0 unspecified atom stereocenters. The van der Waals surface area contributed by atoms with Crippen molar-refractivity contribution in [3.05, 3.63) is 69.5 Å². The molecular weight excluding hydrogens is 305 g/mol. The summed E-state index contributed by atoms with van der Waals surface area (Å²) in [4.78, 5) is 32.6. The third-order valence-corrected chi connectivity index (χ3v) is 3.00. The van der Waals surface area contributed by atoms with E-state index in [1.807, 2.05) is 0 Å². The average molecular weight is 317 g/mol. The van der Waals surface area contributed by atoms with Crippen LogP contribution in [0.3, 0.4) is 0 Å². The van der Waals surface area contributed by atoms with Gasteiger partial charge in [-0.3, -0.25) is 19.7 Å². The molecule has 0 spiro atoms. The van der Waals surface area contributed by atoms with E-state index >= 15 is 0 Å². The number of hydrogen-bond donors (Lipinski definition) is 2. The number of amides is 2. The van der Waals surface area contributed by atoms with E-state index in [-0.39, 0.29) is 12.0 Å². The van der Waals surface area contributed by atoms with Gasteiger partial charge in [-0.2, -0.15) is 0 Å². The first-order valence-electron chi connectivity index (χ1n) is 6.49. The van der Waals surface area contributed by atoms with Crippen LogP contribution >= 0.6 is 0 Å². The van der Waals surface area contributed by atoms with E-state index in [0.29, 0.717) is 17.3 Å². The van der Waals surface area contributed by atoms with Crippen LogP contribution in [0.15, 0.2) is 42.5 Å². The molecule has 2 rings (SSSR count). The number of anilines is 1. The maximum Gasteiger partial charge on any atom is 0.272 e. The summed E-state index contributed by atoms with van der Waals surface area (Å²) in [5.74, 6) is -2.20. The zero-order valence-corrected chi connectivity index (χ0v) is 11.8. The van der Waals surface area contributed by atoms with Crippen LogP contribution in [0.25, 0.3) is 0 Å². The van der Waals surface area contributed by atoms with Gasteiger partial charge in [-0.15, -0.1) is 0 Å². The summed E-state index contributed by atoms with van der Waals surface area (Å²) >= 11 is 0. The van der Waals surface area contributed by atoms with Gasteiger partial charge in [0.05, 0.1) is 23.0 Å². The van der Waals surface area contributed by atoms with E-state index in [9.17, 15) is 24.1 Å². The number of non-ortho nitro benzene ring substituents is 1. The van der Waals surface area contributed by atoms with E-state index in [1.165, 1.54) is 0 Å².